The van der Waals surface area contributed by atoms with Crippen LogP contribution in [-0.2, 0) is 11.0 Å². The van der Waals surface area contributed by atoms with Crippen LogP contribution in [0.15, 0.2) is 40.7 Å². The van der Waals surface area contributed by atoms with Crippen molar-refractivity contribution in [2.24, 2.45) is 0 Å². The second-order valence-electron chi connectivity index (χ2n) is 3.97. The number of benzene rings is 1. The molecule has 20 heavy (non-hydrogen) atoms. The van der Waals surface area contributed by atoms with Crippen LogP contribution in [0.1, 0.15) is 5.56 Å². The first-order valence-electron chi connectivity index (χ1n) is 5.63. The lowest BCUT2D eigenvalue weighted by molar-refractivity contribution is 0.687. The Bertz CT molecular complexity index is 847. The molecule has 1 atom stereocenters. The summed E-state index contributed by atoms with van der Waals surface area (Å²) in [4.78, 5) is 3.03. The van der Waals surface area contributed by atoms with Gasteiger partial charge in [-0.2, -0.15) is 5.26 Å². The van der Waals surface area contributed by atoms with Crippen LogP contribution in [0.2, 0.25) is 4.34 Å². The number of anilines is 1. The lowest BCUT2D eigenvalue weighted by Crippen LogP contribution is -2.03. The molecule has 3 rings (SSSR count). The van der Waals surface area contributed by atoms with Crippen LogP contribution >= 0.6 is 22.9 Å². The van der Waals surface area contributed by atoms with E-state index < -0.39 is 11.0 Å². The van der Waals surface area contributed by atoms with E-state index >= 15 is 0 Å². The number of hydrogen-bond acceptors (Lipinski definition) is 3. The van der Waals surface area contributed by atoms with Gasteiger partial charge in [-0.05, 0) is 18.2 Å². The molecule has 2 heterocycles. The largest absolute Gasteiger partial charge is 0.358 e. The molecule has 0 spiro atoms. The van der Waals surface area contributed by atoms with Gasteiger partial charge in [0, 0.05) is 11.6 Å². The van der Waals surface area contributed by atoms with Crippen LogP contribution in [0.4, 0.5) is 5.69 Å². The summed E-state index contributed by atoms with van der Waals surface area (Å²) in [5.74, 6) is 0. The first-order chi connectivity index (χ1) is 9.69. The van der Waals surface area contributed by atoms with E-state index in [1.165, 1.54) is 11.3 Å². The van der Waals surface area contributed by atoms with Crippen molar-refractivity contribution in [1.29, 1.82) is 5.26 Å². The molecule has 3 aromatic rings. The highest BCUT2D eigenvalue weighted by molar-refractivity contribution is 7.88. The van der Waals surface area contributed by atoms with Gasteiger partial charge in [0.05, 0.1) is 21.1 Å². The summed E-state index contributed by atoms with van der Waals surface area (Å²) in [6.07, 6.45) is 1.64. The Balaban J connectivity index is 1.97. The number of aromatic amines is 1. The van der Waals surface area contributed by atoms with Gasteiger partial charge in [0.15, 0.2) is 11.0 Å². The first kappa shape index (κ1) is 13.2. The fourth-order valence-corrected chi connectivity index (χ4v) is 4.15. The Morgan fingerprint density at radius 3 is 2.90 bits per heavy atom. The van der Waals surface area contributed by atoms with Crippen LogP contribution in [0.25, 0.3) is 10.9 Å². The quantitative estimate of drug-likeness (QED) is 0.768. The molecule has 2 N–H and O–H groups in total. The topological polar surface area (TPSA) is 68.7 Å². The summed E-state index contributed by atoms with van der Waals surface area (Å²) in [6.45, 7) is 0. The molecular formula is C13H8ClN3OS2. The predicted molar refractivity (Wildman–Crippen MR) is 82.4 cm³/mol. The summed E-state index contributed by atoms with van der Waals surface area (Å²) in [7, 11) is -1.38. The molecule has 0 radical (unpaired) electrons. The minimum Gasteiger partial charge on any atom is -0.358 e. The van der Waals surface area contributed by atoms with Gasteiger partial charge in [-0.15, -0.1) is 11.3 Å². The number of aromatic nitrogens is 1. The lowest BCUT2D eigenvalue weighted by atomic mass is 10.2. The zero-order chi connectivity index (χ0) is 14.1. The molecule has 0 fully saturated rings. The van der Waals surface area contributed by atoms with Crippen LogP contribution in [0, 0.1) is 11.3 Å². The lowest BCUT2D eigenvalue weighted by Gasteiger charge is -2.05. The van der Waals surface area contributed by atoms with Gasteiger partial charge >= 0.3 is 0 Å². The Morgan fingerprint density at radius 1 is 1.35 bits per heavy atom. The normalized spacial score (nSPS) is 12.2. The van der Waals surface area contributed by atoms with Gasteiger partial charge in [-0.3, -0.25) is 4.72 Å². The minimum atomic E-state index is -1.38. The second-order valence-corrected chi connectivity index (χ2v) is 7.13. The third kappa shape index (κ3) is 2.31. The molecular weight excluding hydrogens is 314 g/mol. The van der Waals surface area contributed by atoms with Gasteiger partial charge in [-0.25, -0.2) is 4.21 Å². The maximum Gasteiger partial charge on any atom is 0.160 e. The fraction of sp³-hybridized carbons (Fsp3) is 0. The van der Waals surface area contributed by atoms with Crippen molar-refractivity contribution in [3.8, 4) is 6.07 Å². The average Bonchev–Trinajstić information content (AvgIpc) is 3.05. The van der Waals surface area contributed by atoms with E-state index in [4.69, 9.17) is 16.9 Å². The minimum absolute atomic E-state index is 0.564. The molecule has 1 unspecified atom stereocenters. The van der Waals surface area contributed by atoms with Gasteiger partial charge in [-0.1, -0.05) is 23.7 Å². The van der Waals surface area contributed by atoms with Gasteiger partial charge in [0.25, 0.3) is 0 Å². The Kier molecular flexibility index (Phi) is 3.49. The SMILES string of the molecule is N#Cc1c[nH]c2c(NS(=O)c3ccc(Cl)s3)cccc12. The highest BCUT2D eigenvalue weighted by atomic mass is 35.5. The molecule has 0 saturated carbocycles. The van der Waals surface area contributed by atoms with Crippen molar-refractivity contribution < 1.29 is 4.21 Å². The number of nitrogens with zero attached hydrogens (tertiary/aromatic N) is 1. The molecule has 0 amide bonds. The standard InChI is InChI=1S/C13H8ClN3OS2/c14-11-4-5-12(19-11)20(18)17-10-3-1-2-9-8(6-15)7-16-13(9)10/h1-5,7,16-17H. The van der Waals surface area contributed by atoms with Crippen LogP contribution < -0.4 is 4.72 Å². The average molecular weight is 322 g/mol. The highest BCUT2D eigenvalue weighted by Crippen LogP contribution is 2.28. The number of hydrogen-bond donors (Lipinski definition) is 2. The maximum absolute atomic E-state index is 12.2. The van der Waals surface area contributed by atoms with Crippen LogP contribution in [-0.4, -0.2) is 9.19 Å². The molecule has 4 nitrogen and oxygen atoms in total. The number of nitrogens with one attached hydrogen (secondary N) is 2. The smallest absolute Gasteiger partial charge is 0.160 e. The van der Waals surface area contributed by atoms with E-state index in [1.54, 1.807) is 18.3 Å². The number of nitriles is 1. The molecule has 7 heteroatoms. The van der Waals surface area contributed by atoms with E-state index in [0.29, 0.717) is 19.8 Å². The molecule has 0 bridgehead atoms. The molecule has 0 saturated heterocycles. The highest BCUT2D eigenvalue weighted by Gasteiger charge is 2.11. The maximum atomic E-state index is 12.2. The van der Waals surface area contributed by atoms with E-state index in [9.17, 15) is 4.21 Å². The molecule has 0 aliphatic heterocycles. The van der Waals surface area contributed by atoms with E-state index in [1.807, 2.05) is 18.2 Å². The number of fused-ring (bicyclic) bond motifs is 1. The number of H-pyrrole nitrogens is 1. The summed E-state index contributed by atoms with van der Waals surface area (Å²) >= 11 is 7.11. The number of thiophene rings is 1. The van der Waals surface area contributed by atoms with Crippen LogP contribution in [0.3, 0.4) is 0 Å². The fourth-order valence-electron chi connectivity index (χ4n) is 1.88. The van der Waals surface area contributed by atoms with Crippen molar-refractivity contribution in [3.63, 3.8) is 0 Å². The summed E-state index contributed by atoms with van der Waals surface area (Å²) in [5, 5.41) is 9.82. The number of halogens is 1. The number of para-hydroxylation sites is 1. The Hall–Kier alpha value is -1.81. The summed E-state index contributed by atoms with van der Waals surface area (Å²) in [6, 6.07) is 11.0. The molecule has 2 aromatic heterocycles. The zero-order valence-corrected chi connectivity index (χ0v) is 12.4. The number of rotatable bonds is 3. The van der Waals surface area contributed by atoms with Gasteiger partial charge in [0.1, 0.15) is 10.3 Å². The zero-order valence-electron chi connectivity index (χ0n) is 10.0. The van der Waals surface area contributed by atoms with Crippen LogP contribution in [0.5, 0.6) is 0 Å². The summed E-state index contributed by atoms with van der Waals surface area (Å²) in [5.41, 5.74) is 2.01. The van der Waals surface area contributed by atoms with E-state index in [-0.39, 0.29) is 0 Å². The Labute approximate surface area is 126 Å². The van der Waals surface area contributed by atoms with Gasteiger partial charge < -0.3 is 4.98 Å². The van der Waals surface area contributed by atoms with Crippen molar-refractivity contribution in [1.82, 2.24) is 4.98 Å². The van der Waals surface area contributed by atoms with Gasteiger partial charge in [0.2, 0.25) is 0 Å². The van der Waals surface area contributed by atoms with Crippen molar-refractivity contribution in [2.45, 2.75) is 4.21 Å². The first-order valence-corrected chi connectivity index (χ1v) is 7.97. The van der Waals surface area contributed by atoms with Crippen molar-refractivity contribution >= 4 is 50.5 Å². The third-order valence-electron chi connectivity index (χ3n) is 2.77. The van der Waals surface area contributed by atoms with E-state index in [0.717, 1.165) is 10.9 Å². The third-order valence-corrected chi connectivity index (χ3v) is 5.41. The molecule has 0 aliphatic carbocycles. The molecule has 100 valence electrons. The Morgan fingerprint density at radius 2 is 2.20 bits per heavy atom. The molecule has 0 aliphatic rings. The summed E-state index contributed by atoms with van der Waals surface area (Å²) < 4.78 is 16.4. The van der Waals surface area contributed by atoms with Crippen molar-refractivity contribution in [2.75, 3.05) is 4.72 Å². The predicted octanol–water partition coefficient (Wildman–Crippen LogP) is 3.89. The molecule has 1 aromatic carbocycles. The van der Waals surface area contributed by atoms with Crippen molar-refractivity contribution in [3.05, 3.63) is 46.4 Å². The monoisotopic (exact) mass is 321 g/mol. The second kappa shape index (κ2) is 5.29. The van der Waals surface area contributed by atoms with E-state index in [2.05, 4.69) is 15.8 Å².